The second kappa shape index (κ2) is 6.75. The van der Waals surface area contributed by atoms with Crippen LogP contribution in [0.2, 0.25) is 0 Å². The number of nitrogens with two attached hydrogens (primary N) is 1. The van der Waals surface area contributed by atoms with Crippen LogP contribution >= 0.6 is 0 Å². The highest BCUT2D eigenvalue weighted by Crippen LogP contribution is 2.29. The molecule has 0 saturated heterocycles. The van der Waals surface area contributed by atoms with Gasteiger partial charge in [0.05, 0.1) is 6.20 Å². The molecule has 1 amide bonds. The SMILES string of the molecule is NC(=O)C(Oc1ccc2ncc(-c3cc4ccccc4o3)n2n1)c1cccnc1. The quantitative estimate of drug-likeness (QED) is 0.498. The third-order valence-electron chi connectivity index (χ3n) is 4.50. The maximum Gasteiger partial charge on any atom is 0.263 e. The van der Waals surface area contributed by atoms with E-state index < -0.39 is 12.0 Å². The number of amides is 1. The minimum Gasteiger partial charge on any atom is -0.458 e. The number of para-hydroxylation sites is 1. The number of primary amides is 1. The van der Waals surface area contributed by atoms with Gasteiger partial charge in [0.15, 0.2) is 11.4 Å². The summed E-state index contributed by atoms with van der Waals surface area (Å²) in [5.41, 5.74) is 8.12. The van der Waals surface area contributed by atoms with Crippen molar-refractivity contribution in [2.24, 2.45) is 5.73 Å². The normalized spacial score (nSPS) is 12.3. The van der Waals surface area contributed by atoms with Crippen molar-refractivity contribution in [3.8, 4) is 17.3 Å². The number of benzene rings is 1. The first-order valence-corrected chi connectivity index (χ1v) is 8.89. The van der Waals surface area contributed by atoms with Crippen LogP contribution in [0.4, 0.5) is 0 Å². The Morgan fingerprint density at radius 3 is 2.79 bits per heavy atom. The van der Waals surface area contributed by atoms with Crippen molar-refractivity contribution >= 4 is 22.5 Å². The summed E-state index contributed by atoms with van der Waals surface area (Å²) in [5.74, 6) is 0.214. The highest BCUT2D eigenvalue weighted by molar-refractivity contribution is 5.82. The van der Waals surface area contributed by atoms with Crippen LogP contribution in [0.1, 0.15) is 11.7 Å². The van der Waals surface area contributed by atoms with Gasteiger partial charge in [0, 0.05) is 29.4 Å². The number of fused-ring (bicyclic) bond motifs is 2. The predicted molar refractivity (Wildman–Crippen MR) is 105 cm³/mol. The Balaban J connectivity index is 1.54. The maximum absolute atomic E-state index is 11.9. The average molecular weight is 385 g/mol. The molecule has 0 fully saturated rings. The first-order valence-electron chi connectivity index (χ1n) is 8.89. The van der Waals surface area contributed by atoms with E-state index >= 15 is 0 Å². The number of ether oxygens (including phenoxy) is 1. The number of nitrogens with zero attached hydrogens (tertiary/aromatic N) is 4. The summed E-state index contributed by atoms with van der Waals surface area (Å²) < 4.78 is 13.3. The first-order chi connectivity index (χ1) is 14.2. The lowest BCUT2D eigenvalue weighted by atomic mass is 10.1. The van der Waals surface area contributed by atoms with Gasteiger partial charge in [0.2, 0.25) is 12.0 Å². The molecule has 0 saturated carbocycles. The van der Waals surface area contributed by atoms with Crippen LogP contribution < -0.4 is 10.5 Å². The van der Waals surface area contributed by atoms with E-state index in [2.05, 4.69) is 15.1 Å². The molecule has 5 rings (SSSR count). The summed E-state index contributed by atoms with van der Waals surface area (Å²) in [6, 6.07) is 16.5. The molecule has 0 aliphatic rings. The Labute approximate surface area is 164 Å². The number of aromatic nitrogens is 4. The van der Waals surface area contributed by atoms with Crippen molar-refractivity contribution in [3.63, 3.8) is 0 Å². The number of hydrogen-bond donors (Lipinski definition) is 1. The Bertz CT molecular complexity index is 1290. The molecule has 2 N–H and O–H groups in total. The zero-order valence-electron chi connectivity index (χ0n) is 15.1. The van der Waals surface area contributed by atoms with Gasteiger partial charge in [-0.05, 0) is 24.3 Å². The number of imidazole rings is 1. The van der Waals surface area contributed by atoms with Crippen LogP contribution in [0.25, 0.3) is 28.1 Å². The number of carbonyl (C=O) groups is 1. The molecule has 4 aromatic heterocycles. The van der Waals surface area contributed by atoms with Crippen molar-refractivity contribution in [3.05, 3.63) is 78.8 Å². The zero-order valence-corrected chi connectivity index (χ0v) is 15.1. The summed E-state index contributed by atoms with van der Waals surface area (Å²) in [6.07, 6.45) is 3.81. The van der Waals surface area contributed by atoms with Gasteiger partial charge in [0.25, 0.3) is 5.91 Å². The van der Waals surface area contributed by atoms with E-state index in [9.17, 15) is 4.79 Å². The predicted octanol–water partition coefficient (Wildman–Crippen LogP) is 3.14. The molecule has 142 valence electrons. The molecule has 0 bridgehead atoms. The Morgan fingerprint density at radius 1 is 1.10 bits per heavy atom. The topological polar surface area (TPSA) is 109 Å². The van der Waals surface area contributed by atoms with Crippen molar-refractivity contribution in [1.82, 2.24) is 19.6 Å². The third kappa shape index (κ3) is 3.06. The smallest absolute Gasteiger partial charge is 0.263 e. The van der Waals surface area contributed by atoms with Crippen molar-refractivity contribution in [2.75, 3.05) is 0 Å². The van der Waals surface area contributed by atoms with Gasteiger partial charge >= 0.3 is 0 Å². The van der Waals surface area contributed by atoms with Crippen LogP contribution in [-0.4, -0.2) is 25.5 Å². The lowest BCUT2D eigenvalue weighted by molar-refractivity contribution is -0.125. The lowest BCUT2D eigenvalue weighted by Gasteiger charge is -2.15. The van der Waals surface area contributed by atoms with Crippen molar-refractivity contribution < 1.29 is 13.9 Å². The minimum atomic E-state index is -1.01. The molecule has 0 spiro atoms. The van der Waals surface area contributed by atoms with Crippen LogP contribution in [-0.2, 0) is 4.79 Å². The number of hydrogen-bond acceptors (Lipinski definition) is 6. The van der Waals surface area contributed by atoms with Crippen LogP contribution in [0.3, 0.4) is 0 Å². The largest absolute Gasteiger partial charge is 0.458 e. The number of rotatable bonds is 5. The lowest BCUT2D eigenvalue weighted by Crippen LogP contribution is -2.26. The monoisotopic (exact) mass is 385 g/mol. The molecule has 5 aromatic rings. The van der Waals surface area contributed by atoms with Gasteiger partial charge in [-0.25, -0.2) is 9.50 Å². The van der Waals surface area contributed by atoms with E-state index in [0.717, 1.165) is 11.0 Å². The Kier molecular flexibility index (Phi) is 3.94. The highest BCUT2D eigenvalue weighted by Gasteiger charge is 2.21. The molecule has 8 nitrogen and oxygen atoms in total. The highest BCUT2D eigenvalue weighted by atomic mass is 16.5. The number of furan rings is 1. The van der Waals surface area contributed by atoms with Gasteiger partial charge in [-0.3, -0.25) is 9.78 Å². The summed E-state index contributed by atoms with van der Waals surface area (Å²) in [6.45, 7) is 0. The first kappa shape index (κ1) is 16.9. The van der Waals surface area contributed by atoms with Crippen LogP contribution in [0, 0.1) is 0 Å². The molecule has 29 heavy (non-hydrogen) atoms. The van der Waals surface area contributed by atoms with E-state index in [0.29, 0.717) is 22.7 Å². The number of carbonyl (C=O) groups excluding carboxylic acids is 1. The number of pyridine rings is 1. The van der Waals surface area contributed by atoms with E-state index in [1.165, 1.54) is 6.20 Å². The Hall–Kier alpha value is -4.20. The summed E-state index contributed by atoms with van der Waals surface area (Å²) in [4.78, 5) is 20.3. The molecule has 8 heteroatoms. The van der Waals surface area contributed by atoms with Crippen molar-refractivity contribution in [2.45, 2.75) is 6.10 Å². The van der Waals surface area contributed by atoms with E-state index in [4.69, 9.17) is 14.9 Å². The fourth-order valence-electron chi connectivity index (χ4n) is 3.14. The molecule has 0 aliphatic heterocycles. The van der Waals surface area contributed by atoms with Gasteiger partial charge in [0.1, 0.15) is 11.3 Å². The van der Waals surface area contributed by atoms with Gasteiger partial charge in [-0.15, -0.1) is 5.10 Å². The van der Waals surface area contributed by atoms with Gasteiger partial charge in [-0.1, -0.05) is 24.3 Å². The molecular weight excluding hydrogens is 370 g/mol. The van der Waals surface area contributed by atoms with E-state index in [-0.39, 0.29) is 5.88 Å². The zero-order chi connectivity index (χ0) is 19.8. The van der Waals surface area contributed by atoms with Crippen LogP contribution in [0.15, 0.2) is 77.6 Å². The second-order valence-corrected chi connectivity index (χ2v) is 6.42. The molecule has 4 heterocycles. The third-order valence-corrected chi connectivity index (χ3v) is 4.50. The minimum absolute atomic E-state index is 0.223. The fourth-order valence-corrected chi connectivity index (χ4v) is 3.14. The van der Waals surface area contributed by atoms with E-state index in [1.54, 1.807) is 41.2 Å². The van der Waals surface area contributed by atoms with E-state index in [1.807, 2.05) is 30.3 Å². The molecule has 1 atom stereocenters. The second-order valence-electron chi connectivity index (χ2n) is 6.42. The average Bonchev–Trinajstić information content (AvgIpc) is 3.35. The standard InChI is InChI=1S/C21H15N5O3/c22-21(27)20(14-5-3-9-23-11-14)29-19-8-7-18-24-12-15(26(18)25-19)17-10-13-4-1-2-6-16(13)28-17/h1-12,20H,(H2,22,27). The maximum atomic E-state index is 11.9. The van der Waals surface area contributed by atoms with Crippen molar-refractivity contribution in [1.29, 1.82) is 0 Å². The fraction of sp³-hybridized carbons (Fsp3) is 0.0476. The van der Waals surface area contributed by atoms with Gasteiger partial charge in [-0.2, -0.15) is 0 Å². The molecule has 1 unspecified atom stereocenters. The van der Waals surface area contributed by atoms with Gasteiger partial charge < -0.3 is 14.9 Å². The summed E-state index contributed by atoms with van der Waals surface area (Å²) >= 11 is 0. The summed E-state index contributed by atoms with van der Waals surface area (Å²) in [5, 5.41) is 5.45. The van der Waals surface area contributed by atoms with Crippen LogP contribution in [0.5, 0.6) is 5.88 Å². The summed E-state index contributed by atoms with van der Waals surface area (Å²) in [7, 11) is 0. The molecular formula is C21H15N5O3. The molecule has 1 aromatic carbocycles. The molecule has 0 radical (unpaired) electrons. The Morgan fingerprint density at radius 2 is 2.00 bits per heavy atom. The molecule has 0 aliphatic carbocycles.